The molecule has 0 aliphatic heterocycles. The van der Waals surface area contributed by atoms with Gasteiger partial charge in [-0.05, 0) is 25.2 Å². The molecule has 0 atom stereocenters. The van der Waals surface area contributed by atoms with Crippen LogP contribution in [0.15, 0.2) is 0 Å². The molecule has 0 aromatic carbocycles. The predicted molar refractivity (Wildman–Crippen MR) is 69.2 cm³/mol. The van der Waals surface area contributed by atoms with Crippen molar-refractivity contribution in [1.82, 2.24) is 4.72 Å². The van der Waals surface area contributed by atoms with Gasteiger partial charge in [-0.2, -0.15) is 8.42 Å². The van der Waals surface area contributed by atoms with E-state index in [4.69, 9.17) is 0 Å². The highest BCUT2D eigenvalue weighted by atomic mass is 32.2. The lowest BCUT2D eigenvalue weighted by atomic mass is 10.1. The Hall–Kier alpha value is -0.180. The van der Waals surface area contributed by atoms with Crippen molar-refractivity contribution in [3.05, 3.63) is 0 Å². The van der Waals surface area contributed by atoms with Crippen LogP contribution in [0.4, 0.5) is 0 Å². The van der Waals surface area contributed by atoms with Crippen molar-refractivity contribution in [2.75, 3.05) is 25.2 Å². The maximum Gasteiger partial charge on any atom is 0.264 e. The van der Waals surface area contributed by atoms with Gasteiger partial charge in [-0.3, -0.25) is 4.18 Å². The maximum atomic E-state index is 11.6. The summed E-state index contributed by atoms with van der Waals surface area (Å²) in [5.41, 5.74) is 0. The first-order valence-electron chi connectivity index (χ1n) is 6.10. The van der Waals surface area contributed by atoms with Crippen LogP contribution in [0.3, 0.4) is 0 Å². The van der Waals surface area contributed by atoms with Gasteiger partial charge in [-0.15, -0.1) is 0 Å². The highest BCUT2D eigenvalue weighted by Gasteiger charge is 2.18. The van der Waals surface area contributed by atoms with E-state index in [0.717, 1.165) is 19.1 Å². The molecule has 0 bridgehead atoms. The van der Waals surface area contributed by atoms with Crippen LogP contribution in [-0.4, -0.2) is 42.0 Å². The van der Waals surface area contributed by atoms with E-state index in [1.54, 1.807) is 0 Å². The molecule has 8 heteroatoms. The molecule has 0 amide bonds. The standard InChI is InChI=1S/C10H21NO5S2/c1-17(12,13)16-7-4-8-18(14,15)11-9-10-5-2-3-6-10/h10-11H,2-9H2,1H3. The van der Waals surface area contributed by atoms with Crippen molar-refractivity contribution in [3.63, 3.8) is 0 Å². The van der Waals surface area contributed by atoms with E-state index in [0.29, 0.717) is 12.5 Å². The summed E-state index contributed by atoms with van der Waals surface area (Å²) in [6, 6.07) is 0. The molecule has 0 saturated heterocycles. The van der Waals surface area contributed by atoms with Crippen molar-refractivity contribution < 1.29 is 21.0 Å². The Morgan fingerprint density at radius 1 is 1.17 bits per heavy atom. The Morgan fingerprint density at radius 2 is 1.78 bits per heavy atom. The quantitative estimate of drug-likeness (QED) is 0.519. The summed E-state index contributed by atoms with van der Waals surface area (Å²) in [5.74, 6) is 0.349. The van der Waals surface area contributed by atoms with E-state index in [-0.39, 0.29) is 18.8 Å². The minimum absolute atomic E-state index is 0.0941. The Bertz CT molecular complexity index is 437. The first-order valence-corrected chi connectivity index (χ1v) is 9.57. The van der Waals surface area contributed by atoms with Gasteiger partial charge in [-0.25, -0.2) is 13.1 Å². The smallest absolute Gasteiger partial charge is 0.264 e. The molecule has 1 rings (SSSR count). The van der Waals surface area contributed by atoms with Gasteiger partial charge in [-0.1, -0.05) is 12.8 Å². The Kier molecular flexibility index (Phi) is 6.03. The van der Waals surface area contributed by atoms with Gasteiger partial charge >= 0.3 is 0 Å². The van der Waals surface area contributed by atoms with Gasteiger partial charge in [0, 0.05) is 6.54 Å². The lowest BCUT2D eigenvalue weighted by Crippen LogP contribution is -2.31. The summed E-state index contributed by atoms with van der Waals surface area (Å²) in [6.45, 7) is 0.401. The molecule has 1 aliphatic rings. The zero-order chi connectivity index (χ0) is 13.6. The molecule has 0 aromatic heterocycles. The van der Waals surface area contributed by atoms with Crippen LogP contribution < -0.4 is 4.72 Å². The van der Waals surface area contributed by atoms with E-state index in [1.807, 2.05) is 0 Å². The maximum absolute atomic E-state index is 11.6. The summed E-state index contributed by atoms with van der Waals surface area (Å²) >= 11 is 0. The average Bonchev–Trinajstić information content (AvgIpc) is 2.73. The molecule has 18 heavy (non-hydrogen) atoms. The number of hydrogen-bond donors (Lipinski definition) is 1. The topological polar surface area (TPSA) is 89.5 Å². The molecule has 6 nitrogen and oxygen atoms in total. The zero-order valence-corrected chi connectivity index (χ0v) is 12.2. The SMILES string of the molecule is CS(=O)(=O)OCCCS(=O)(=O)NCC1CCCC1. The molecule has 1 fully saturated rings. The van der Waals surface area contributed by atoms with Gasteiger partial charge in [0.15, 0.2) is 0 Å². The second kappa shape index (κ2) is 6.83. The molecule has 1 saturated carbocycles. The summed E-state index contributed by atoms with van der Waals surface area (Å²) in [4.78, 5) is 0. The minimum Gasteiger partial charge on any atom is -0.270 e. The van der Waals surface area contributed by atoms with Crippen LogP contribution in [0.25, 0.3) is 0 Å². The highest BCUT2D eigenvalue weighted by Crippen LogP contribution is 2.23. The molecule has 1 aliphatic carbocycles. The average molecular weight is 299 g/mol. The second-order valence-corrected chi connectivity index (χ2v) is 8.27. The summed E-state index contributed by atoms with van der Waals surface area (Å²) in [6.07, 6.45) is 5.63. The Balaban J connectivity index is 2.18. The van der Waals surface area contributed by atoms with Crippen molar-refractivity contribution in [1.29, 1.82) is 0 Å². The largest absolute Gasteiger partial charge is 0.270 e. The van der Waals surface area contributed by atoms with Crippen LogP contribution >= 0.6 is 0 Å². The van der Waals surface area contributed by atoms with Crippen molar-refractivity contribution in [3.8, 4) is 0 Å². The second-order valence-electron chi connectivity index (χ2n) is 4.70. The fourth-order valence-electron chi connectivity index (χ4n) is 1.99. The molecule has 0 spiro atoms. The third-order valence-electron chi connectivity index (χ3n) is 2.92. The minimum atomic E-state index is -3.48. The molecular weight excluding hydrogens is 278 g/mol. The molecular formula is C10H21NO5S2. The molecule has 1 N–H and O–H groups in total. The number of sulfonamides is 1. The van der Waals surface area contributed by atoms with Gasteiger partial charge in [0.05, 0.1) is 18.6 Å². The van der Waals surface area contributed by atoms with Crippen molar-refractivity contribution in [2.24, 2.45) is 5.92 Å². The van der Waals surface area contributed by atoms with Gasteiger partial charge in [0.1, 0.15) is 0 Å². The molecule has 0 radical (unpaired) electrons. The number of hydrogen-bond acceptors (Lipinski definition) is 5. The molecule has 0 heterocycles. The zero-order valence-electron chi connectivity index (χ0n) is 10.6. The third kappa shape index (κ3) is 7.30. The third-order valence-corrected chi connectivity index (χ3v) is 4.95. The molecule has 0 unspecified atom stereocenters. The number of nitrogens with one attached hydrogen (secondary N) is 1. The number of rotatable bonds is 8. The van der Waals surface area contributed by atoms with E-state index in [1.165, 1.54) is 12.8 Å². The van der Waals surface area contributed by atoms with E-state index in [9.17, 15) is 16.8 Å². The van der Waals surface area contributed by atoms with Crippen LogP contribution in [0.1, 0.15) is 32.1 Å². The monoisotopic (exact) mass is 299 g/mol. The van der Waals surface area contributed by atoms with Gasteiger partial charge < -0.3 is 0 Å². The van der Waals surface area contributed by atoms with Crippen LogP contribution in [0.2, 0.25) is 0 Å². The Morgan fingerprint density at radius 3 is 2.33 bits per heavy atom. The van der Waals surface area contributed by atoms with Crippen LogP contribution in [0.5, 0.6) is 0 Å². The highest BCUT2D eigenvalue weighted by molar-refractivity contribution is 7.89. The van der Waals surface area contributed by atoms with Crippen molar-refractivity contribution in [2.45, 2.75) is 32.1 Å². The fourth-order valence-corrected chi connectivity index (χ4v) is 3.54. The first-order chi connectivity index (χ1) is 8.29. The van der Waals surface area contributed by atoms with Crippen molar-refractivity contribution >= 4 is 20.1 Å². The van der Waals surface area contributed by atoms with Crippen LogP contribution in [0, 0.1) is 5.92 Å². The van der Waals surface area contributed by atoms with Crippen LogP contribution in [-0.2, 0) is 24.3 Å². The van der Waals surface area contributed by atoms with Gasteiger partial charge in [0.2, 0.25) is 10.0 Å². The van der Waals surface area contributed by atoms with E-state index >= 15 is 0 Å². The van der Waals surface area contributed by atoms with E-state index in [2.05, 4.69) is 8.91 Å². The summed E-state index contributed by atoms with van der Waals surface area (Å²) in [7, 11) is -6.79. The summed E-state index contributed by atoms with van der Waals surface area (Å²) in [5, 5.41) is 0. The lowest BCUT2D eigenvalue weighted by molar-refractivity contribution is 0.321. The molecule has 0 aromatic rings. The Labute approximate surface area is 109 Å². The first kappa shape index (κ1) is 15.9. The van der Waals surface area contributed by atoms with Gasteiger partial charge in [0.25, 0.3) is 10.1 Å². The lowest BCUT2D eigenvalue weighted by Gasteiger charge is -2.11. The van der Waals surface area contributed by atoms with E-state index < -0.39 is 20.1 Å². The summed E-state index contributed by atoms with van der Waals surface area (Å²) < 4.78 is 51.6. The fraction of sp³-hybridized carbons (Fsp3) is 1.00. The molecule has 108 valence electrons. The normalized spacial score (nSPS) is 18.3. The predicted octanol–water partition coefficient (Wildman–Crippen LogP) is 0.462.